The number of benzene rings is 1. The van der Waals surface area contributed by atoms with E-state index in [-0.39, 0.29) is 17.6 Å². The highest BCUT2D eigenvalue weighted by atomic mass is 16.2. The fourth-order valence-electron chi connectivity index (χ4n) is 2.06. The molecule has 0 saturated heterocycles. The Labute approximate surface area is 107 Å². The lowest BCUT2D eigenvalue weighted by Gasteiger charge is -2.17. The van der Waals surface area contributed by atoms with Crippen LogP contribution < -0.4 is 5.32 Å². The number of allylic oxidation sites excluding steroid dienone is 2. The Bertz CT molecular complexity index is 474. The third-order valence-corrected chi connectivity index (χ3v) is 3.20. The molecule has 1 N–H and O–H groups in total. The van der Waals surface area contributed by atoms with Crippen LogP contribution >= 0.6 is 0 Å². The third-order valence-electron chi connectivity index (χ3n) is 3.20. The molecule has 1 aliphatic rings. The monoisotopic (exact) mass is 243 g/mol. The van der Waals surface area contributed by atoms with Crippen LogP contribution in [0, 0.1) is 5.92 Å². The van der Waals surface area contributed by atoms with Crippen LogP contribution in [-0.2, 0) is 4.79 Å². The summed E-state index contributed by atoms with van der Waals surface area (Å²) >= 11 is 0. The van der Waals surface area contributed by atoms with Crippen molar-refractivity contribution in [3.63, 3.8) is 0 Å². The van der Waals surface area contributed by atoms with Gasteiger partial charge in [-0.25, -0.2) is 0 Å². The summed E-state index contributed by atoms with van der Waals surface area (Å²) in [6.45, 7) is 1.53. The molecule has 1 aliphatic carbocycles. The minimum atomic E-state index is 0.0327. The minimum Gasteiger partial charge on any atom is -0.326 e. The van der Waals surface area contributed by atoms with E-state index in [0.29, 0.717) is 5.56 Å². The van der Waals surface area contributed by atoms with Gasteiger partial charge in [-0.3, -0.25) is 9.59 Å². The van der Waals surface area contributed by atoms with Crippen LogP contribution in [0.2, 0.25) is 0 Å². The second-order valence-electron chi connectivity index (χ2n) is 4.60. The van der Waals surface area contributed by atoms with E-state index in [1.54, 1.807) is 24.3 Å². The van der Waals surface area contributed by atoms with Crippen molar-refractivity contribution in [3.05, 3.63) is 42.0 Å². The van der Waals surface area contributed by atoms with Crippen molar-refractivity contribution in [1.82, 2.24) is 0 Å². The summed E-state index contributed by atoms with van der Waals surface area (Å²) in [4.78, 5) is 23.1. The van der Waals surface area contributed by atoms with Gasteiger partial charge in [-0.2, -0.15) is 0 Å². The Morgan fingerprint density at radius 2 is 1.89 bits per heavy atom. The average Bonchev–Trinajstić information content (AvgIpc) is 2.40. The number of Topliss-reactive ketones (excluding diaryl/α,β-unsaturated/α-hetero) is 1. The van der Waals surface area contributed by atoms with E-state index in [0.717, 1.165) is 24.9 Å². The molecular weight excluding hydrogens is 226 g/mol. The van der Waals surface area contributed by atoms with E-state index in [4.69, 9.17) is 0 Å². The lowest BCUT2D eigenvalue weighted by molar-refractivity contribution is -0.120. The van der Waals surface area contributed by atoms with Gasteiger partial charge in [-0.1, -0.05) is 12.2 Å². The van der Waals surface area contributed by atoms with Gasteiger partial charge in [0.1, 0.15) is 0 Å². The first-order valence-electron chi connectivity index (χ1n) is 6.23. The quantitative estimate of drug-likeness (QED) is 0.654. The molecule has 2 rings (SSSR count). The molecule has 1 amide bonds. The van der Waals surface area contributed by atoms with Crippen molar-refractivity contribution in [1.29, 1.82) is 0 Å². The Morgan fingerprint density at radius 3 is 2.44 bits per heavy atom. The van der Waals surface area contributed by atoms with Crippen LogP contribution in [0.25, 0.3) is 0 Å². The van der Waals surface area contributed by atoms with Crippen LogP contribution in [0.4, 0.5) is 5.69 Å². The first-order valence-corrected chi connectivity index (χ1v) is 6.23. The Kier molecular flexibility index (Phi) is 3.92. The maximum atomic E-state index is 12.0. The molecule has 0 radical (unpaired) electrons. The average molecular weight is 243 g/mol. The summed E-state index contributed by atoms with van der Waals surface area (Å²) in [6.07, 6.45) is 6.88. The van der Waals surface area contributed by atoms with Crippen LogP contribution in [-0.4, -0.2) is 11.7 Å². The summed E-state index contributed by atoms with van der Waals surface area (Å²) < 4.78 is 0. The van der Waals surface area contributed by atoms with Crippen molar-refractivity contribution in [3.8, 4) is 0 Å². The molecule has 1 atom stereocenters. The maximum absolute atomic E-state index is 12.0. The van der Waals surface area contributed by atoms with Gasteiger partial charge in [-0.05, 0) is 50.5 Å². The van der Waals surface area contributed by atoms with E-state index in [1.807, 2.05) is 0 Å². The number of carbonyl (C=O) groups excluding carboxylic acids is 2. The zero-order valence-electron chi connectivity index (χ0n) is 10.5. The first kappa shape index (κ1) is 12.6. The zero-order valence-corrected chi connectivity index (χ0v) is 10.5. The van der Waals surface area contributed by atoms with Gasteiger partial charge in [0, 0.05) is 17.2 Å². The molecule has 18 heavy (non-hydrogen) atoms. The highest BCUT2D eigenvalue weighted by Crippen LogP contribution is 2.20. The van der Waals surface area contributed by atoms with Crippen LogP contribution in [0.1, 0.15) is 36.5 Å². The molecule has 0 aliphatic heterocycles. The smallest absolute Gasteiger partial charge is 0.227 e. The molecule has 0 unspecified atom stereocenters. The SMILES string of the molecule is CC(=O)c1ccc(NC(=O)[C@@H]2CC=CCC2)cc1. The molecule has 0 heterocycles. The number of rotatable bonds is 3. The fraction of sp³-hybridized carbons (Fsp3) is 0.333. The zero-order chi connectivity index (χ0) is 13.0. The van der Waals surface area contributed by atoms with Crippen molar-refractivity contribution < 1.29 is 9.59 Å². The molecule has 1 aromatic carbocycles. The number of amides is 1. The topological polar surface area (TPSA) is 46.2 Å². The summed E-state index contributed by atoms with van der Waals surface area (Å²) in [5.74, 6) is 0.169. The van der Waals surface area contributed by atoms with E-state index in [9.17, 15) is 9.59 Å². The number of nitrogens with one attached hydrogen (secondary N) is 1. The van der Waals surface area contributed by atoms with Crippen molar-refractivity contribution in [2.45, 2.75) is 26.2 Å². The molecule has 0 spiro atoms. The molecule has 0 aromatic heterocycles. The molecule has 3 heteroatoms. The third kappa shape index (κ3) is 3.06. The van der Waals surface area contributed by atoms with Gasteiger partial charge in [0.15, 0.2) is 5.78 Å². The predicted octanol–water partition coefficient (Wildman–Crippen LogP) is 3.18. The molecule has 1 aromatic rings. The summed E-state index contributed by atoms with van der Waals surface area (Å²) in [5.41, 5.74) is 1.41. The van der Waals surface area contributed by atoms with E-state index >= 15 is 0 Å². The van der Waals surface area contributed by atoms with Gasteiger partial charge in [0.05, 0.1) is 0 Å². The van der Waals surface area contributed by atoms with Crippen LogP contribution in [0.15, 0.2) is 36.4 Å². The van der Waals surface area contributed by atoms with Gasteiger partial charge >= 0.3 is 0 Å². The Morgan fingerprint density at radius 1 is 1.17 bits per heavy atom. The molecule has 0 bridgehead atoms. The maximum Gasteiger partial charge on any atom is 0.227 e. The minimum absolute atomic E-state index is 0.0327. The second kappa shape index (κ2) is 5.63. The first-order chi connectivity index (χ1) is 8.66. The highest BCUT2D eigenvalue weighted by molar-refractivity contribution is 5.96. The van der Waals surface area contributed by atoms with E-state index in [1.165, 1.54) is 6.92 Å². The normalized spacial score (nSPS) is 18.4. The summed E-state index contributed by atoms with van der Waals surface area (Å²) in [6, 6.07) is 7.01. The van der Waals surface area contributed by atoms with Gasteiger partial charge in [-0.15, -0.1) is 0 Å². The van der Waals surface area contributed by atoms with Gasteiger partial charge in [0.2, 0.25) is 5.91 Å². The van der Waals surface area contributed by atoms with Gasteiger partial charge in [0.25, 0.3) is 0 Å². The largest absolute Gasteiger partial charge is 0.326 e. The van der Waals surface area contributed by atoms with Crippen molar-refractivity contribution in [2.24, 2.45) is 5.92 Å². The predicted molar refractivity (Wildman–Crippen MR) is 71.6 cm³/mol. The lowest BCUT2D eigenvalue weighted by Crippen LogP contribution is -2.23. The number of ketones is 1. The van der Waals surface area contributed by atoms with Gasteiger partial charge < -0.3 is 5.32 Å². The van der Waals surface area contributed by atoms with Crippen LogP contribution in [0.5, 0.6) is 0 Å². The van der Waals surface area contributed by atoms with Crippen LogP contribution in [0.3, 0.4) is 0 Å². The Balaban J connectivity index is 1.98. The van der Waals surface area contributed by atoms with E-state index in [2.05, 4.69) is 17.5 Å². The summed E-state index contributed by atoms with van der Waals surface area (Å²) in [7, 11) is 0. The molecule has 94 valence electrons. The molecule has 0 fully saturated rings. The summed E-state index contributed by atoms with van der Waals surface area (Å²) in [5, 5.41) is 2.89. The second-order valence-corrected chi connectivity index (χ2v) is 4.60. The molecule has 0 saturated carbocycles. The number of hydrogen-bond acceptors (Lipinski definition) is 2. The number of carbonyl (C=O) groups is 2. The molecule has 3 nitrogen and oxygen atoms in total. The van der Waals surface area contributed by atoms with Crippen molar-refractivity contribution >= 4 is 17.4 Å². The van der Waals surface area contributed by atoms with Crippen molar-refractivity contribution in [2.75, 3.05) is 5.32 Å². The standard InChI is InChI=1S/C15H17NO2/c1-11(17)12-7-9-14(10-8-12)16-15(18)13-5-3-2-4-6-13/h2-3,7-10,13H,4-6H2,1H3,(H,16,18)/t13-/m1/s1. The number of hydrogen-bond donors (Lipinski definition) is 1. The Hall–Kier alpha value is -1.90. The lowest BCUT2D eigenvalue weighted by atomic mass is 9.93. The number of anilines is 1. The highest BCUT2D eigenvalue weighted by Gasteiger charge is 2.18. The molecular formula is C15H17NO2. The fourth-order valence-corrected chi connectivity index (χ4v) is 2.06. The van der Waals surface area contributed by atoms with E-state index < -0.39 is 0 Å².